The van der Waals surface area contributed by atoms with E-state index in [1.165, 1.54) is 11.4 Å². The molecule has 128 valence electrons. The maximum atomic E-state index is 13.6. The monoisotopic (exact) mass is 366 g/mol. The SMILES string of the molecule is O=C(Oc1c(F)c(F)c(F)c(F)c1F)c1sccc1C1OCCO1. The number of esters is 1. The van der Waals surface area contributed by atoms with Gasteiger partial charge >= 0.3 is 5.97 Å². The standard InChI is InChI=1S/C14H7F5O4S/c15-6-7(16)9(18)11(10(19)8(6)17)23-13(20)12-5(1-4-24-12)14-21-2-3-22-14/h1,4,14H,2-3H2. The zero-order valence-electron chi connectivity index (χ0n) is 11.6. The molecule has 0 amide bonds. The van der Waals surface area contributed by atoms with Crippen molar-refractivity contribution in [2.24, 2.45) is 0 Å². The van der Waals surface area contributed by atoms with Gasteiger partial charge in [-0.1, -0.05) is 0 Å². The number of rotatable bonds is 3. The molecule has 1 aromatic carbocycles. The van der Waals surface area contributed by atoms with Crippen molar-refractivity contribution in [1.82, 2.24) is 0 Å². The van der Waals surface area contributed by atoms with Crippen LogP contribution in [0.15, 0.2) is 11.4 Å². The van der Waals surface area contributed by atoms with Gasteiger partial charge in [0.05, 0.1) is 13.2 Å². The average Bonchev–Trinajstić information content (AvgIpc) is 3.25. The number of halogens is 5. The molecular weight excluding hydrogens is 359 g/mol. The Morgan fingerprint density at radius 2 is 1.54 bits per heavy atom. The highest BCUT2D eigenvalue weighted by molar-refractivity contribution is 7.12. The zero-order chi connectivity index (χ0) is 17.4. The first kappa shape index (κ1) is 16.8. The molecule has 0 unspecified atom stereocenters. The Morgan fingerprint density at radius 1 is 1.00 bits per heavy atom. The lowest BCUT2D eigenvalue weighted by Gasteiger charge is -2.11. The highest BCUT2D eigenvalue weighted by atomic mass is 32.1. The molecule has 24 heavy (non-hydrogen) atoms. The maximum absolute atomic E-state index is 13.6. The Balaban J connectivity index is 1.93. The molecule has 0 spiro atoms. The van der Waals surface area contributed by atoms with Crippen LogP contribution in [0.2, 0.25) is 0 Å². The molecule has 1 aromatic heterocycles. The highest BCUT2D eigenvalue weighted by Gasteiger charge is 2.31. The summed E-state index contributed by atoms with van der Waals surface area (Å²) >= 11 is 0.846. The lowest BCUT2D eigenvalue weighted by Crippen LogP contribution is -2.15. The number of hydrogen-bond acceptors (Lipinski definition) is 5. The highest BCUT2D eigenvalue weighted by Crippen LogP contribution is 2.33. The molecule has 0 saturated carbocycles. The summed E-state index contributed by atoms with van der Waals surface area (Å²) < 4.78 is 81.2. The van der Waals surface area contributed by atoms with Crippen molar-refractivity contribution in [1.29, 1.82) is 0 Å². The summed E-state index contributed by atoms with van der Waals surface area (Å²) in [5.74, 6) is -14.2. The van der Waals surface area contributed by atoms with E-state index in [-0.39, 0.29) is 23.7 Å². The normalized spacial score (nSPS) is 15.0. The summed E-state index contributed by atoms with van der Waals surface area (Å²) in [5.41, 5.74) is 0.242. The predicted octanol–water partition coefficient (Wildman–Crippen LogP) is 3.71. The van der Waals surface area contributed by atoms with Crippen molar-refractivity contribution in [2.45, 2.75) is 6.29 Å². The molecule has 1 saturated heterocycles. The predicted molar refractivity (Wildman–Crippen MR) is 70.2 cm³/mol. The molecule has 4 nitrogen and oxygen atoms in total. The quantitative estimate of drug-likeness (QED) is 0.273. The van der Waals surface area contributed by atoms with Gasteiger partial charge in [-0.05, 0) is 11.4 Å². The molecule has 0 aliphatic carbocycles. The molecule has 0 N–H and O–H groups in total. The minimum absolute atomic E-state index is 0.133. The van der Waals surface area contributed by atoms with Gasteiger partial charge in [0.15, 0.2) is 6.29 Å². The Kier molecular flexibility index (Phi) is 4.52. The van der Waals surface area contributed by atoms with Crippen LogP contribution in [0.5, 0.6) is 5.75 Å². The number of carbonyl (C=O) groups excluding carboxylic acids is 1. The number of thiophene rings is 1. The molecule has 0 atom stereocenters. The molecule has 3 rings (SSSR count). The van der Waals surface area contributed by atoms with E-state index in [1.807, 2.05) is 0 Å². The number of carbonyl (C=O) groups is 1. The molecule has 10 heteroatoms. The molecule has 1 fully saturated rings. The van der Waals surface area contributed by atoms with Crippen molar-refractivity contribution in [3.63, 3.8) is 0 Å². The minimum Gasteiger partial charge on any atom is -0.416 e. The summed E-state index contributed by atoms with van der Waals surface area (Å²) in [7, 11) is 0. The smallest absolute Gasteiger partial charge is 0.354 e. The van der Waals surface area contributed by atoms with E-state index in [0.717, 1.165) is 11.3 Å². The van der Waals surface area contributed by atoms with E-state index >= 15 is 0 Å². The van der Waals surface area contributed by atoms with Gasteiger partial charge in [0.1, 0.15) is 4.88 Å². The van der Waals surface area contributed by atoms with Crippen molar-refractivity contribution >= 4 is 17.3 Å². The zero-order valence-corrected chi connectivity index (χ0v) is 12.4. The van der Waals surface area contributed by atoms with Crippen LogP contribution in [0, 0.1) is 29.1 Å². The van der Waals surface area contributed by atoms with Crippen molar-refractivity contribution < 1.29 is 41.0 Å². The number of benzene rings is 1. The van der Waals surface area contributed by atoms with Gasteiger partial charge in [0.25, 0.3) is 0 Å². The Labute approximate surface area is 135 Å². The van der Waals surface area contributed by atoms with Crippen LogP contribution in [0.3, 0.4) is 0 Å². The molecule has 0 radical (unpaired) electrons. The second kappa shape index (κ2) is 6.46. The number of hydrogen-bond donors (Lipinski definition) is 0. The first-order valence-electron chi connectivity index (χ1n) is 6.46. The van der Waals surface area contributed by atoms with Crippen molar-refractivity contribution in [3.05, 3.63) is 51.0 Å². The van der Waals surface area contributed by atoms with E-state index in [2.05, 4.69) is 4.74 Å². The van der Waals surface area contributed by atoms with Gasteiger partial charge < -0.3 is 14.2 Å². The summed E-state index contributed by atoms with van der Waals surface area (Å²) in [5, 5.41) is 1.47. The van der Waals surface area contributed by atoms with Crippen LogP contribution in [0.4, 0.5) is 22.0 Å². The fraction of sp³-hybridized carbons (Fsp3) is 0.214. The van der Waals surface area contributed by atoms with Crippen molar-refractivity contribution in [2.75, 3.05) is 13.2 Å². The van der Waals surface area contributed by atoms with Crippen LogP contribution in [-0.4, -0.2) is 19.2 Å². The van der Waals surface area contributed by atoms with Crippen LogP contribution < -0.4 is 4.74 Å². The Bertz CT molecular complexity index is 772. The van der Waals surface area contributed by atoms with Crippen molar-refractivity contribution in [3.8, 4) is 5.75 Å². The Hall–Kier alpha value is -2.04. The molecule has 1 aliphatic rings. The van der Waals surface area contributed by atoms with E-state index in [4.69, 9.17) is 9.47 Å². The summed E-state index contributed by atoms with van der Waals surface area (Å²) in [4.78, 5) is 11.9. The van der Waals surface area contributed by atoms with Gasteiger partial charge in [0.2, 0.25) is 34.8 Å². The van der Waals surface area contributed by atoms with Gasteiger partial charge in [-0.3, -0.25) is 0 Å². The van der Waals surface area contributed by atoms with Crippen LogP contribution in [0.25, 0.3) is 0 Å². The first-order valence-corrected chi connectivity index (χ1v) is 7.34. The van der Waals surface area contributed by atoms with E-state index in [0.29, 0.717) is 0 Å². The average molecular weight is 366 g/mol. The van der Waals surface area contributed by atoms with Crippen LogP contribution >= 0.6 is 11.3 Å². The van der Waals surface area contributed by atoms with Crippen LogP contribution in [0.1, 0.15) is 21.5 Å². The third-order valence-electron chi connectivity index (χ3n) is 3.12. The minimum atomic E-state index is -2.34. The molecule has 1 aliphatic heterocycles. The summed E-state index contributed by atoms with van der Waals surface area (Å²) in [6.45, 7) is 0.569. The topological polar surface area (TPSA) is 44.8 Å². The summed E-state index contributed by atoms with van der Waals surface area (Å²) in [6.07, 6.45) is -0.866. The second-order valence-electron chi connectivity index (χ2n) is 4.57. The lowest BCUT2D eigenvalue weighted by molar-refractivity contribution is -0.0444. The molecule has 2 aromatic rings. The van der Waals surface area contributed by atoms with E-state index in [1.54, 1.807) is 0 Å². The third-order valence-corrected chi connectivity index (χ3v) is 4.03. The van der Waals surface area contributed by atoms with Crippen LogP contribution in [-0.2, 0) is 9.47 Å². The molecular formula is C14H7F5O4S. The lowest BCUT2D eigenvalue weighted by atomic mass is 10.2. The van der Waals surface area contributed by atoms with Gasteiger partial charge in [0, 0.05) is 5.56 Å². The van der Waals surface area contributed by atoms with E-state index in [9.17, 15) is 26.7 Å². The number of ether oxygens (including phenoxy) is 3. The molecule has 0 bridgehead atoms. The fourth-order valence-electron chi connectivity index (χ4n) is 2.02. The van der Waals surface area contributed by atoms with E-state index < -0.39 is 47.1 Å². The van der Waals surface area contributed by atoms with Gasteiger partial charge in [-0.2, -0.15) is 8.78 Å². The first-order chi connectivity index (χ1) is 11.4. The third kappa shape index (κ3) is 2.76. The second-order valence-corrected chi connectivity index (χ2v) is 5.48. The molecule has 2 heterocycles. The summed E-state index contributed by atoms with van der Waals surface area (Å²) in [6, 6.07) is 1.47. The maximum Gasteiger partial charge on any atom is 0.354 e. The van der Waals surface area contributed by atoms with Gasteiger partial charge in [-0.15, -0.1) is 11.3 Å². The Morgan fingerprint density at radius 3 is 2.12 bits per heavy atom. The van der Waals surface area contributed by atoms with Gasteiger partial charge in [-0.25, -0.2) is 18.0 Å². The fourth-order valence-corrected chi connectivity index (χ4v) is 2.81. The largest absolute Gasteiger partial charge is 0.416 e.